The minimum Gasteiger partial charge on any atom is -0.326 e. The van der Waals surface area contributed by atoms with Gasteiger partial charge in [-0.15, -0.1) is 0 Å². The molecule has 1 atom stereocenters. The van der Waals surface area contributed by atoms with E-state index in [9.17, 15) is 14.0 Å². The van der Waals surface area contributed by atoms with Crippen molar-refractivity contribution in [1.82, 2.24) is 4.98 Å². The number of hydrogen-bond acceptors (Lipinski definition) is 3. The van der Waals surface area contributed by atoms with Crippen LogP contribution in [0, 0.1) is 5.82 Å². The van der Waals surface area contributed by atoms with Gasteiger partial charge in [-0.3, -0.25) is 14.6 Å². The predicted octanol–water partition coefficient (Wildman–Crippen LogP) is 2.29. The van der Waals surface area contributed by atoms with Crippen molar-refractivity contribution in [2.24, 2.45) is 0 Å². The van der Waals surface area contributed by atoms with Crippen LogP contribution in [-0.2, 0) is 9.59 Å². The molecule has 0 bridgehead atoms. The van der Waals surface area contributed by atoms with Gasteiger partial charge < -0.3 is 10.6 Å². The van der Waals surface area contributed by atoms with Crippen LogP contribution in [0.5, 0.6) is 0 Å². The second-order valence-corrected chi connectivity index (χ2v) is 4.77. The molecule has 0 aliphatic carbocycles. The second-order valence-electron chi connectivity index (χ2n) is 4.77. The Balaban J connectivity index is 1.89. The van der Waals surface area contributed by atoms with E-state index in [1.54, 1.807) is 18.3 Å². The molecule has 0 radical (unpaired) electrons. The summed E-state index contributed by atoms with van der Waals surface area (Å²) >= 11 is 0. The van der Waals surface area contributed by atoms with Gasteiger partial charge in [0.15, 0.2) is 0 Å². The van der Waals surface area contributed by atoms with Crippen LogP contribution >= 0.6 is 0 Å². The number of carbonyl (C=O) groups excluding carboxylic acids is 2. The Morgan fingerprint density at radius 2 is 2.24 bits per heavy atom. The molecule has 0 unspecified atom stereocenters. The Morgan fingerprint density at radius 3 is 3.00 bits per heavy atom. The van der Waals surface area contributed by atoms with Crippen LogP contribution in [0.4, 0.5) is 15.8 Å². The summed E-state index contributed by atoms with van der Waals surface area (Å²) in [5, 5.41) is 5.29. The molecule has 2 heterocycles. The van der Waals surface area contributed by atoms with Crippen LogP contribution in [0.25, 0.3) is 0 Å². The number of amides is 2. The molecule has 1 aliphatic rings. The number of pyridine rings is 1. The van der Waals surface area contributed by atoms with E-state index in [1.807, 2.05) is 0 Å². The van der Waals surface area contributed by atoms with E-state index in [0.29, 0.717) is 16.9 Å². The Hall–Kier alpha value is -2.76. The van der Waals surface area contributed by atoms with Crippen LogP contribution in [0.1, 0.15) is 17.9 Å². The van der Waals surface area contributed by atoms with Gasteiger partial charge >= 0.3 is 0 Å². The van der Waals surface area contributed by atoms with E-state index < -0.39 is 11.7 Å². The molecule has 0 saturated carbocycles. The summed E-state index contributed by atoms with van der Waals surface area (Å²) in [7, 11) is 0. The smallest absolute Gasteiger partial charge is 0.232 e. The Morgan fingerprint density at radius 1 is 1.38 bits per heavy atom. The fourth-order valence-electron chi connectivity index (χ4n) is 2.34. The van der Waals surface area contributed by atoms with Crippen LogP contribution in [-0.4, -0.2) is 16.8 Å². The molecule has 6 heteroatoms. The van der Waals surface area contributed by atoms with Crippen molar-refractivity contribution < 1.29 is 14.0 Å². The molecule has 3 rings (SSSR count). The lowest BCUT2D eigenvalue weighted by Gasteiger charge is -2.24. The maximum Gasteiger partial charge on any atom is 0.232 e. The summed E-state index contributed by atoms with van der Waals surface area (Å²) in [5.74, 6) is -1.72. The Kier molecular flexibility index (Phi) is 3.35. The minimum atomic E-state index is -0.644. The molecular weight excluding hydrogens is 273 g/mol. The highest BCUT2D eigenvalue weighted by Gasteiger charge is 2.30. The molecule has 2 amide bonds. The maximum absolute atomic E-state index is 13.2. The quantitative estimate of drug-likeness (QED) is 0.889. The zero-order valence-corrected chi connectivity index (χ0v) is 11.0. The first kappa shape index (κ1) is 13.2. The Bertz CT molecular complexity index is 703. The summed E-state index contributed by atoms with van der Waals surface area (Å²) in [5.41, 5.74) is 1.51. The number of carbonyl (C=O) groups is 2. The zero-order valence-electron chi connectivity index (χ0n) is 11.0. The average molecular weight is 285 g/mol. The van der Waals surface area contributed by atoms with Crippen molar-refractivity contribution in [3.63, 3.8) is 0 Å². The zero-order chi connectivity index (χ0) is 14.8. The highest BCUT2D eigenvalue weighted by molar-refractivity contribution is 6.05. The van der Waals surface area contributed by atoms with Gasteiger partial charge in [0.25, 0.3) is 0 Å². The molecule has 0 saturated heterocycles. The normalized spacial score (nSPS) is 16.8. The molecular formula is C15H12FN3O2. The van der Waals surface area contributed by atoms with E-state index in [-0.39, 0.29) is 18.2 Å². The molecule has 1 aromatic heterocycles. The molecule has 0 spiro atoms. The maximum atomic E-state index is 13.2. The van der Waals surface area contributed by atoms with E-state index in [1.165, 1.54) is 24.4 Å². The van der Waals surface area contributed by atoms with Gasteiger partial charge in [0.05, 0.1) is 17.8 Å². The SMILES string of the molecule is O=C1C[C@H](C(=O)Nc2cccnc2)c2ccc(F)cc2N1. The molecule has 1 aliphatic heterocycles. The van der Waals surface area contributed by atoms with E-state index in [4.69, 9.17) is 0 Å². The van der Waals surface area contributed by atoms with Crippen molar-refractivity contribution in [2.75, 3.05) is 10.6 Å². The second kappa shape index (κ2) is 5.32. The molecule has 106 valence electrons. The van der Waals surface area contributed by atoms with Crippen LogP contribution in [0.15, 0.2) is 42.7 Å². The van der Waals surface area contributed by atoms with Gasteiger partial charge in [-0.1, -0.05) is 6.07 Å². The van der Waals surface area contributed by atoms with Gasteiger partial charge in [-0.25, -0.2) is 4.39 Å². The average Bonchev–Trinajstić information content (AvgIpc) is 2.47. The third-order valence-corrected chi connectivity index (χ3v) is 3.30. The van der Waals surface area contributed by atoms with Crippen molar-refractivity contribution in [3.8, 4) is 0 Å². The van der Waals surface area contributed by atoms with Gasteiger partial charge in [-0.05, 0) is 29.8 Å². The molecule has 21 heavy (non-hydrogen) atoms. The van der Waals surface area contributed by atoms with Crippen molar-refractivity contribution >= 4 is 23.2 Å². The number of nitrogens with zero attached hydrogens (tertiary/aromatic N) is 1. The van der Waals surface area contributed by atoms with Gasteiger partial charge in [-0.2, -0.15) is 0 Å². The highest BCUT2D eigenvalue weighted by Crippen LogP contribution is 2.33. The lowest BCUT2D eigenvalue weighted by molar-refractivity contribution is -0.123. The molecule has 1 aromatic carbocycles. The van der Waals surface area contributed by atoms with Crippen LogP contribution < -0.4 is 10.6 Å². The largest absolute Gasteiger partial charge is 0.326 e. The molecule has 2 N–H and O–H groups in total. The highest BCUT2D eigenvalue weighted by atomic mass is 19.1. The summed E-state index contributed by atoms with van der Waals surface area (Å²) in [4.78, 5) is 27.9. The first-order valence-corrected chi connectivity index (χ1v) is 6.43. The number of benzene rings is 1. The van der Waals surface area contributed by atoms with Gasteiger partial charge in [0.1, 0.15) is 5.82 Å². The lowest BCUT2D eigenvalue weighted by atomic mass is 9.89. The summed E-state index contributed by atoms with van der Waals surface area (Å²) < 4.78 is 13.2. The third-order valence-electron chi connectivity index (χ3n) is 3.30. The summed E-state index contributed by atoms with van der Waals surface area (Å²) in [6, 6.07) is 7.43. The number of rotatable bonds is 2. The summed E-state index contributed by atoms with van der Waals surface area (Å²) in [6.07, 6.45) is 3.15. The van der Waals surface area contributed by atoms with E-state index >= 15 is 0 Å². The van der Waals surface area contributed by atoms with E-state index in [2.05, 4.69) is 15.6 Å². The molecule has 2 aromatic rings. The predicted molar refractivity (Wildman–Crippen MR) is 75.3 cm³/mol. The van der Waals surface area contributed by atoms with Gasteiger partial charge in [0.2, 0.25) is 11.8 Å². The fraction of sp³-hybridized carbons (Fsp3) is 0.133. The number of aromatic nitrogens is 1. The van der Waals surface area contributed by atoms with Gasteiger partial charge in [0, 0.05) is 18.3 Å². The van der Waals surface area contributed by atoms with Crippen LogP contribution in [0.3, 0.4) is 0 Å². The standard InChI is InChI=1S/C15H12FN3O2/c16-9-3-4-11-12(7-14(20)19-13(11)6-9)15(21)18-10-2-1-5-17-8-10/h1-6,8,12H,7H2,(H,18,21)(H,19,20)/t12-/m0/s1. The number of nitrogens with one attached hydrogen (secondary N) is 2. The van der Waals surface area contributed by atoms with Crippen LogP contribution in [0.2, 0.25) is 0 Å². The van der Waals surface area contributed by atoms with Crippen molar-refractivity contribution in [2.45, 2.75) is 12.3 Å². The van der Waals surface area contributed by atoms with Crippen molar-refractivity contribution in [1.29, 1.82) is 0 Å². The Labute approximate surface area is 120 Å². The number of halogens is 1. The molecule has 5 nitrogen and oxygen atoms in total. The van der Waals surface area contributed by atoms with E-state index in [0.717, 1.165) is 0 Å². The topological polar surface area (TPSA) is 71.1 Å². The minimum absolute atomic E-state index is 0.0325. The number of hydrogen-bond donors (Lipinski definition) is 2. The lowest BCUT2D eigenvalue weighted by Crippen LogP contribution is -2.30. The number of anilines is 2. The first-order valence-electron chi connectivity index (χ1n) is 6.43. The fourth-order valence-corrected chi connectivity index (χ4v) is 2.34. The third kappa shape index (κ3) is 2.74. The summed E-state index contributed by atoms with van der Waals surface area (Å²) in [6.45, 7) is 0. The number of fused-ring (bicyclic) bond motifs is 1. The monoisotopic (exact) mass is 285 g/mol. The molecule has 0 fully saturated rings. The first-order chi connectivity index (χ1) is 10.1. The van der Waals surface area contributed by atoms with Crippen molar-refractivity contribution in [3.05, 3.63) is 54.1 Å².